The molecule has 0 spiro atoms. The number of halogens is 2. The Labute approximate surface area is 191 Å². The lowest BCUT2D eigenvalue weighted by atomic mass is 9.96. The number of carbonyl (C=O) groups is 1. The number of urea groups is 1. The molecule has 1 aromatic carbocycles. The van der Waals surface area contributed by atoms with E-state index in [4.69, 9.17) is 11.6 Å². The molecular formula is C19H17ClIN7OS. The van der Waals surface area contributed by atoms with Crippen LogP contribution in [0.4, 0.5) is 21.9 Å². The summed E-state index contributed by atoms with van der Waals surface area (Å²) in [4.78, 5) is 22.8. The molecule has 1 saturated carbocycles. The summed E-state index contributed by atoms with van der Waals surface area (Å²) in [5.74, 6) is 0. The number of rotatable bonds is 4. The third-order valence-corrected chi connectivity index (χ3v) is 7.46. The first-order valence-corrected chi connectivity index (χ1v) is 12.6. The minimum Gasteiger partial charge on any atom is -0.308 e. The van der Waals surface area contributed by atoms with Crippen molar-refractivity contribution in [3.05, 3.63) is 40.0 Å². The molecular weight excluding hydrogens is 537 g/mol. The highest BCUT2D eigenvalue weighted by atomic mass is 127. The predicted octanol–water partition coefficient (Wildman–Crippen LogP) is 6.18. The molecule has 1 fully saturated rings. The number of nitrogens with zero attached hydrogens (tertiary/aromatic N) is 5. The third kappa shape index (κ3) is 3.67. The average Bonchev–Trinajstić information content (AvgIpc) is 3.08. The van der Waals surface area contributed by atoms with Crippen molar-refractivity contribution in [1.82, 2.24) is 9.97 Å². The summed E-state index contributed by atoms with van der Waals surface area (Å²) >= 11 is 7.53. The summed E-state index contributed by atoms with van der Waals surface area (Å²) in [6.07, 6.45) is 3.87. The molecule has 11 heteroatoms. The number of benzene rings is 1. The van der Waals surface area contributed by atoms with Gasteiger partial charge in [0.05, 0.1) is 42.9 Å². The molecule has 1 aliphatic heterocycles. The van der Waals surface area contributed by atoms with Gasteiger partial charge in [-0.25, -0.2) is 14.8 Å². The van der Waals surface area contributed by atoms with E-state index in [-0.39, 0.29) is 11.4 Å². The molecule has 0 unspecified atom stereocenters. The zero-order valence-corrected chi connectivity index (χ0v) is 19.8. The van der Waals surface area contributed by atoms with Crippen LogP contribution in [0, 0.1) is 6.92 Å². The minimum absolute atomic E-state index is 0.0254. The van der Waals surface area contributed by atoms with Crippen molar-refractivity contribution in [2.75, 3.05) is 15.8 Å². The number of hydrazone groups is 1. The number of nitrogens with one attached hydrogen (secondary N) is 2. The first-order valence-electron chi connectivity index (χ1n) is 9.23. The predicted molar refractivity (Wildman–Crippen MR) is 130 cm³/mol. The zero-order valence-electron chi connectivity index (χ0n) is 16.1. The maximum atomic E-state index is 12.7. The van der Waals surface area contributed by atoms with Crippen molar-refractivity contribution < 1.29 is 4.79 Å². The topological polar surface area (TPSA) is 94.9 Å². The molecule has 2 aromatic heterocycles. The van der Waals surface area contributed by atoms with E-state index >= 15 is 0 Å². The van der Waals surface area contributed by atoms with Crippen LogP contribution in [-0.4, -0.2) is 20.2 Å². The number of carbonyl (C=O) groups excluding carboxylic acids is 1. The number of amides is 2. The van der Waals surface area contributed by atoms with Gasteiger partial charge in [-0.15, -0.1) is 8.37 Å². The summed E-state index contributed by atoms with van der Waals surface area (Å²) < 4.78 is 6.11. The minimum atomic E-state index is -0.397. The normalized spacial score (nSPS) is 16.6. The van der Waals surface area contributed by atoms with Gasteiger partial charge in [-0.1, -0.05) is 29.9 Å². The molecule has 0 bridgehead atoms. The Morgan fingerprint density at radius 1 is 1.33 bits per heavy atom. The van der Waals surface area contributed by atoms with Gasteiger partial charge in [0.2, 0.25) is 0 Å². The van der Waals surface area contributed by atoms with E-state index < -0.39 is 21.0 Å². The fourth-order valence-electron chi connectivity index (χ4n) is 3.40. The SMILES string of the molecule is Cc1nc2c(C3(C)CC3)c(NC(=O)Nc3ccc(N4N=CI=N4)c(Cl)c3)cnc2s1. The molecule has 3 heterocycles. The lowest BCUT2D eigenvalue weighted by Crippen LogP contribution is -2.21. The van der Waals surface area contributed by atoms with E-state index in [1.54, 1.807) is 35.7 Å². The van der Waals surface area contributed by atoms with Crippen molar-refractivity contribution in [2.45, 2.75) is 32.1 Å². The average molecular weight is 554 g/mol. The van der Waals surface area contributed by atoms with Crippen molar-refractivity contribution in [1.29, 1.82) is 0 Å². The number of hydrogen-bond donors (Lipinski definition) is 2. The number of fused-ring (bicyclic) bond motifs is 1. The molecule has 8 nitrogen and oxygen atoms in total. The molecule has 2 amide bonds. The fraction of sp³-hybridized carbons (Fsp3) is 0.263. The molecule has 154 valence electrons. The van der Waals surface area contributed by atoms with Gasteiger partial charge in [-0.05, 0) is 43.4 Å². The second-order valence-corrected chi connectivity index (χ2v) is 10.5. The zero-order chi connectivity index (χ0) is 20.9. The Balaban J connectivity index is 1.38. The number of anilines is 3. The van der Waals surface area contributed by atoms with Gasteiger partial charge in [0.25, 0.3) is 0 Å². The van der Waals surface area contributed by atoms with Crippen molar-refractivity contribution >= 4 is 81.6 Å². The lowest BCUT2D eigenvalue weighted by Gasteiger charge is -2.17. The van der Waals surface area contributed by atoms with Gasteiger partial charge in [0.1, 0.15) is 20.3 Å². The first kappa shape index (κ1) is 19.8. The summed E-state index contributed by atoms with van der Waals surface area (Å²) in [5, 5.41) is 12.9. The summed E-state index contributed by atoms with van der Waals surface area (Å²) in [6, 6.07) is 4.90. The second kappa shape index (κ2) is 7.50. The second-order valence-electron chi connectivity index (χ2n) is 7.42. The van der Waals surface area contributed by atoms with Gasteiger partial charge in [0.15, 0.2) is 0 Å². The highest BCUT2D eigenvalue weighted by Crippen LogP contribution is 2.52. The molecule has 1 aliphatic carbocycles. The van der Waals surface area contributed by atoms with Crippen LogP contribution in [0.5, 0.6) is 0 Å². The van der Waals surface area contributed by atoms with Crippen LogP contribution in [0.3, 0.4) is 0 Å². The van der Waals surface area contributed by atoms with E-state index in [2.05, 4.69) is 35.9 Å². The van der Waals surface area contributed by atoms with Crippen LogP contribution < -0.4 is 15.8 Å². The molecule has 0 atom stereocenters. The fourth-order valence-corrected chi connectivity index (χ4v) is 5.46. The van der Waals surface area contributed by atoms with Gasteiger partial charge in [-0.2, -0.15) is 5.10 Å². The highest BCUT2D eigenvalue weighted by molar-refractivity contribution is 14.2. The monoisotopic (exact) mass is 553 g/mol. The molecule has 0 saturated heterocycles. The van der Waals surface area contributed by atoms with Crippen LogP contribution in [0.15, 0.2) is 32.8 Å². The first-order chi connectivity index (χ1) is 14.4. The smallest absolute Gasteiger partial charge is 0.308 e. The molecule has 2 aliphatic rings. The van der Waals surface area contributed by atoms with E-state index in [1.807, 2.05) is 11.1 Å². The van der Waals surface area contributed by atoms with E-state index in [0.717, 1.165) is 33.8 Å². The van der Waals surface area contributed by atoms with Crippen molar-refractivity contribution in [3.8, 4) is 0 Å². The largest absolute Gasteiger partial charge is 0.323 e. The molecule has 0 radical (unpaired) electrons. The Hall–Kier alpha value is -2.18. The molecule has 30 heavy (non-hydrogen) atoms. The standard InChI is InChI=1S/C19H17ClIN7OS/c1-10-24-16-15(19(2)5-6-19)13(8-22-17(16)30-10)26-18(29)25-11-3-4-14(12(20)7-11)28-23-9-21-27-28/h3-4,7-9H,5-6H2,1-2H3,(H2,25,26,29). The summed E-state index contributed by atoms with van der Waals surface area (Å²) in [5.41, 5.74) is 3.95. The third-order valence-electron chi connectivity index (χ3n) is 5.12. The maximum Gasteiger partial charge on any atom is 0.323 e. The van der Waals surface area contributed by atoms with Crippen LogP contribution in [0.25, 0.3) is 10.3 Å². The Kier molecular flexibility index (Phi) is 4.94. The van der Waals surface area contributed by atoms with Crippen molar-refractivity contribution in [2.24, 2.45) is 8.36 Å². The van der Waals surface area contributed by atoms with Crippen LogP contribution in [0.1, 0.15) is 30.3 Å². The van der Waals surface area contributed by atoms with Gasteiger partial charge >= 0.3 is 6.03 Å². The van der Waals surface area contributed by atoms with Gasteiger partial charge < -0.3 is 10.6 Å². The Morgan fingerprint density at radius 2 is 2.17 bits per heavy atom. The molecule has 3 aromatic rings. The molecule has 5 rings (SSSR count). The number of pyridine rings is 1. The van der Waals surface area contributed by atoms with Crippen LogP contribution in [-0.2, 0) is 5.41 Å². The van der Waals surface area contributed by atoms with Crippen LogP contribution >= 0.6 is 44.0 Å². The summed E-state index contributed by atoms with van der Waals surface area (Å²) in [6.45, 7) is 4.17. The quantitative estimate of drug-likeness (QED) is 0.377. The number of thiazole rings is 1. The lowest BCUT2D eigenvalue weighted by molar-refractivity contribution is 0.262. The van der Waals surface area contributed by atoms with Crippen molar-refractivity contribution in [3.63, 3.8) is 0 Å². The van der Waals surface area contributed by atoms with E-state index in [9.17, 15) is 4.79 Å². The maximum absolute atomic E-state index is 12.7. The number of aryl methyl sites for hydroxylation is 1. The number of hydrogen-bond acceptors (Lipinski definition) is 7. The summed E-state index contributed by atoms with van der Waals surface area (Å²) in [7, 11) is 0. The number of aromatic nitrogens is 2. The molecule has 2 N–H and O–H groups in total. The van der Waals surface area contributed by atoms with E-state index in [0.29, 0.717) is 22.1 Å². The van der Waals surface area contributed by atoms with Crippen LogP contribution in [0.2, 0.25) is 5.02 Å². The van der Waals surface area contributed by atoms with E-state index in [1.165, 1.54) is 5.12 Å². The highest BCUT2D eigenvalue weighted by Gasteiger charge is 2.43. The Bertz CT molecular complexity index is 1230. The Morgan fingerprint density at radius 3 is 2.87 bits per heavy atom. The van der Waals surface area contributed by atoms with Gasteiger partial charge in [-0.3, -0.25) is 0 Å². The van der Waals surface area contributed by atoms with Gasteiger partial charge in [0, 0.05) is 11.3 Å².